The molecule has 0 aliphatic rings. The highest BCUT2D eigenvalue weighted by molar-refractivity contribution is 6.58. The van der Waals surface area contributed by atoms with E-state index in [1.54, 1.807) is 0 Å². The van der Waals surface area contributed by atoms with Crippen LogP contribution in [-0.4, -0.2) is 22.2 Å². The molecule has 0 spiro atoms. The van der Waals surface area contributed by atoms with E-state index in [0.29, 0.717) is 6.20 Å². The third-order valence-electron chi connectivity index (χ3n) is 1.60. The van der Waals surface area contributed by atoms with Crippen LogP contribution in [0.25, 0.3) is 0 Å². The fourth-order valence-electron chi connectivity index (χ4n) is 0.933. The Kier molecular flexibility index (Phi) is 2.97. The zero-order chi connectivity index (χ0) is 11.6. The molecular formula is C7H4BF3N2O2. The minimum Gasteiger partial charge on any atom is -0.423 e. The molecule has 0 saturated heterocycles. The normalized spacial score (nSPS) is 10.9. The molecule has 8 heteroatoms. The predicted octanol–water partition coefficient (Wildman–Crippen LogP) is -0.348. The van der Waals surface area contributed by atoms with Gasteiger partial charge in [0.05, 0.1) is 5.56 Å². The summed E-state index contributed by atoms with van der Waals surface area (Å²) in [7, 11) is -1.95. The molecule has 0 aromatic carbocycles. The molecule has 78 valence electrons. The molecule has 1 rings (SSSR count). The Morgan fingerprint density at radius 2 is 2.00 bits per heavy atom. The molecule has 0 atom stereocenters. The first-order chi connectivity index (χ1) is 6.86. The van der Waals surface area contributed by atoms with Crippen LogP contribution in [0.1, 0.15) is 11.3 Å². The molecule has 15 heavy (non-hydrogen) atoms. The fraction of sp³-hybridized carbons (Fsp3) is 0.143. The maximum atomic E-state index is 12.2. The molecule has 1 heterocycles. The maximum Gasteiger partial charge on any atom is 0.490 e. The molecule has 1 aromatic rings. The Labute approximate surface area is 82.8 Å². The first kappa shape index (κ1) is 11.5. The molecule has 0 aliphatic heterocycles. The summed E-state index contributed by atoms with van der Waals surface area (Å²) in [6.07, 6.45) is -4.07. The molecule has 0 fully saturated rings. The van der Waals surface area contributed by atoms with Crippen LogP contribution in [0, 0.1) is 11.3 Å². The van der Waals surface area contributed by atoms with E-state index < -0.39 is 24.6 Å². The second-order valence-electron chi connectivity index (χ2n) is 2.65. The standard InChI is InChI=1S/C7H4BF3N2O2/c9-7(10,11)6-4(2-12)1-5(3-13-6)8(14)15/h1,3,14-15H. The van der Waals surface area contributed by atoms with E-state index in [2.05, 4.69) is 4.98 Å². The Morgan fingerprint density at radius 1 is 1.40 bits per heavy atom. The number of hydrogen-bond donors (Lipinski definition) is 2. The maximum absolute atomic E-state index is 12.2. The summed E-state index contributed by atoms with van der Waals surface area (Å²) in [5.41, 5.74) is -2.35. The van der Waals surface area contributed by atoms with Gasteiger partial charge in [-0.2, -0.15) is 18.4 Å². The number of aromatic nitrogens is 1. The third kappa shape index (κ3) is 2.46. The van der Waals surface area contributed by atoms with Gasteiger partial charge < -0.3 is 10.0 Å². The van der Waals surface area contributed by atoms with Gasteiger partial charge in [-0.1, -0.05) is 0 Å². The van der Waals surface area contributed by atoms with Crippen LogP contribution >= 0.6 is 0 Å². The third-order valence-corrected chi connectivity index (χ3v) is 1.60. The largest absolute Gasteiger partial charge is 0.490 e. The number of hydrogen-bond acceptors (Lipinski definition) is 4. The van der Waals surface area contributed by atoms with Crippen molar-refractivity contribution >= 4 is 12.6 Å². The lowest BCUT2D eigenvalue weighted by atomic mass is 9.81. The number of pyridine rings is 1. The monoisotopic (exact) mass is 216 g/mol. The van der Waals surface area contributed by atoms with Crippen molar-refractivity contribution in [3.63, 3.8) is 0 Å². The minimum atomic E-state index is -4.73. The molecule has 2 N–H and O–H groups in total. The fourth-order valence-corrected chi connectivity index (χ4v) is 0.933. The van der Waals surface area contributed by atoms with E-state index in [-0.39, 0.29) is 5.46 Å². The van der Waals surface area contributed by atoms with Crippen LogP contribution in [0.4, 0.5) is 13.2 Å². The van der Waals surface area contributed by atoms with E-state index in [1.807, 2.05) is 0 Å². The van der Waals surface area contributed by atoms with Gasteiger partial charge in [-0.3, -0.25) is 4.98 Å². The van der Waals surface area contributed by atoms with Crippen LogP contribution in [0.15, 0.2) is 12.3 Å². The Hall–Kier alpha value is -1.59. The van der Waals surface area contributed by atoms with Crippen LogP contribution in [0.3, 0.4) is 0 Å². The quantitative estimate of drug-likeness (QED) is 0.629. The van der Waals surface area contributed by atoms with Crippen molar-refractivity contribution in [2.75, 3.05) is 0 Å². The van der Waals surface area contributed by atoms with Crippen molar-refractivity contribution in [2.24, 2.45) is 0 Å². The molecule has 0 saturated carbocycles. The lowest BCUT2D eigenvalue weighted by molar-refractivity contribution is -0.141. The molecular weight excluding hydrogens is 212 g/mol. The van der Waals surface area contributed by atoms with Gasteiger partial charge in [0.1, 0.15) is 6.07 Å². The zero-order valence-electron chi connectivity index (χ0n) is 7.15. The molecule has 0 radical (unpaired) electrons. The number of nitriles is 1. The van der Waals surface area contributed by atoms with Gasteiger partial charge in [0, 0.05) is 11.7 Å². The number of rotatable bonds is 1. The van der Waals surface area contributed by atoms with Gasteiger partial charge in [0.15, 0.2) is 5.69 Å². The lowest BCUT2D eigenvalue weighted by Gasteiger charge is -2.08. The van der Waals surface area contributed by atoms with E-state index in [1.165, 1.54) is 6.07 Å². The van der Waals surface area contributed by atoms with Crippen molar-refractivity contribution in [2.45, 2.75) is 6.18 Å². The zero-order valence-corrected chi connectivity index (χ0v) is 7.15. The van der Waals surface area contributed by atoms with Crippen LogP contribution < -0.4 is 5.46 Å². The van der Waals surface area contributed by atoms with E-state index in [0.717, 1.165) is 6.07 Å². The van der Waals surface area contributed by atoms with Gasteiger partial charge in [-0.15, -0.1) is 0 Å². The highest BCUT2D eigenvalue weighted by Crippen LogP contribution is 2.29. The van der Waals surface area contributed by atoms with Gasteiger partial charge in [0.25, 0.3) is 0 Å². The Balaban J connectivity index is 3.29. The lowest BCUT2D eigenvalue weighted by Crippen LogP contribution is -2.31. The molecule has 0 bridgehead atoms. The molecule has 0 unspecified atom stereocenters. The van der Waals surface area contributed by atoms with Crippen molar-refractivity contribution < 1.29 is 23.2 Å². The summed E-state index contributed by atoms with van der Waals surface area (Å²) in [6.45, 7) is 0. The SMILES string of the molecule is N#Cc1cc(B(O)O)cnc1C(F)(F)F. The van der Waals surface area contributed by atoms with Crippen molar-refractivity contribution in [3.8, 4) is 6.07 Å². The summed E-state index contributed by atoms with van der Waals surface area (Å²) in [6, 6.07) is 2.03. The molecule has 0 aliphatic carbocycles. The minimum absolute atomic E-state index is 0.264. The summed E-state index contributed by atoms with van der Waals surface area (Å²) in [4.78, 5) is 2.97. The second kappa shape index (κ2) is 3.88. The van der Waals surface area contributed by atoms with Gasteiger partial charge in [-0.25, -0.2) is 0 Å². The van der Waals surface area contributed by atoms with E-state index in [4.69, 9.17) is 15.3 Å². The summed E-state index contributed by atoms with van der Waals surface area (Å²) in [5.74, 6) is 0. The van der Waals surface area contributed by atoms with E-state index >= 15 is 0 Å². The average molecular weight is 216 g/mol. The second-order valence-corrected chi connectivity index (χ2v) is 2.65. The first-order valence-electron chi connectivity index (χ1n) is 3.69. The average Bonchev–Trinajstić information content (AvgIpc) is 2.15. The number of halogens is 3. The topological polar surface area (TPSA) is 77.1 Å². The summed E-state index contributed by atoms with van der Waals surface area (Å²) < 4.78 is 36.7. The number of nitrogens with zero attached hydrogens (tertiary/aromatic N) is 2. The molecule has 0 amide bonds. The van der Waals surface area contributed by atoms with Crippen LogP contribution in [0.2, 0.25) is 0 Å². The summed E-state index contributed by atoms with van der Waals surface area (Å²) >= 11 is 0. The Morgan fingerprint density at radius 3 is 2.40 bits per heavy atom. The van der Waals surface area contributed by atoms with Crippen molar-refractivity contribution in [1.29, 1.82) is 5.26 Å². The first-order valence-corrected chi connectivity index (χ1v) is 3.69. The predicted molar refractivity (Wildman–Crippen MR) is 43.8 cm³/mol. The smallest absolute Gasteiger partial charge is 0.423 e. The van der Waals surface area contributed by atoms with Crippen molar-refractivity contribution in [3.05, 3.63) is 23.5 Å². The van der Waals surface area contributed by atoms with E-state index in [9.17, 15) is 13.2 Å². The molecule has 4 nitrogen and oxygen atoms in total. The van der Waals surface area contributed by atoms with Crippen molar-refractivity contribution in [1.82, 2.24) is 4.98 Å². The van der Waals surface area contributed by atoms with Gasteiger partial charge in [0.2, 0.25) is 0 Å². The highest BCUT2D eigenvalue weighted by Gasteiger charge is 2.36. The van der Waals surface area contributed by atoms with Crippen LogP contribution in [0.5, 0.6) is 0 Å². The molecule has 1 aromatic heterocycles. The highest BCUT2D eigenvalue weighted by atomic mass is 19.4. The number of alkyl halides is 3. The van der Waals surface area contributed by atoms with Crippen LogP contribution in [-0.2, 0) is 6.18 Å². The summed E-state index contributed by atoms with van der Waals surface area (Å²) in [5, 5.41) is 25.8. The van der Waals surface area contributed by atoms with Gasteiger partial charge in [-0.05, 0) is 6.07 Å². The van der Waals surface area contributed by atoms with Gasteiger partial charge >= 0.3 is 13.3 Å². The Bertz CT molecular complexity index is 414.